The summed E-state index contributed by atoms with van der Waals surface area (Å²) in [6, 6.07) is 3.34. The largest absolute Gasteiger partial charge is 0.495 e. The Morgan fingerprint density at radius 1 is 1.35 bits per heavy atom. The molecule has 3 N–H and O–H groups in total. The van der Waals surface area contributed by atoms with Crippen LogP contribution in [0.3, 0.4) is 0 Å². The zero-order valence-corrected chi connectivity index (χ0v) is 14.9. The number of rotatable bonds is 8. The molecule has 0 atom stereocenters. The van der Waals surface area contributed by atoms with Gasteiger partial charge in [-0.25, -0.2) is 13.1 Å². The fourth-order valence-corrected chi connectivity index (χ4v) is 3.10. The molecule has 0 unspecified atom stereocenters. The standard InChI is InChI=1S/C13H21N3O5S.ClH/c1-4-13(14,5-2)9-15-22(19,20)12-7-6-10(16(17)18)8-11(12)21-3;/h6-8,15H,4-5,9,14H2,1-3H3;1H. The first kappa shape index (κ1) is 21.6. The fourth-order valence-electron chi connectivity index (χ4n) is 1.81. The van der Waals surface area contributed by atoms with Crippen molar-refractivity contribution in [2.24, 2.45) is 5.73 Å². The molecule has 0 amide bonds. The zero-order valence-electron chi connectivity index (χ0n) is 13.2. The zero-order chi connectivity index (χ0) is 17.0. The Bertz CT molecular complexity index is 647. The van der Waals surface area contributed by atoms with E-state index >= 15 is 0 Å². The number of nitrogens with two attached hydrogens (primary N) is 1. The number of benzene rings is 1. The van der Waals surface area contributed by atoms with Crippen LogP contribution >= 0.6 is 12.4 Å². The van der Waals surface area contributed by atoms with Crippen LogP contribution in [0.15, 0.2) is 23.1 Å². The highest BCUT2D eigenvalue weighted by Gasteiger charge is 2.26. The van der Waals surface area contributed by atoms with E-state index in [1.165, 1.54) is 7.11 Å². The van der Waals surface area contributed by atoms with Gasteiger partial charge in [0.05, 0.1) is 18.1 Å². The molecule has 0 aromatic heterocycles. The third-order valence-electron chi connectivity index (χ3n) is 3.67. The number of nitrogens with one attached hydrogen (secondary N) is 1. The summed E-state index contributed by atoms with van der Waals surface area (Å²) in [6.07, 6.45) is 1.23. The van der Waals surface area contributed by atoms with Crippen LogP contribution in [0, 0.1) is 10.1 Å². The summed E-state index contributed by atoms with van der Waals surface area (Å²) in [5.74, 6) is -0.0858. The van der Waals surface area contributed by atoms with Crippen molar-refractivity contribution in [1.29, 1.82) is 0 Å². The Hall–Kier alpha value is -1.42. The first-order valence-electron chi connectivity index (χ1n) is 6.80. The monoisotopic (exact) mass is 367 g/mol. The van der Waals surface area contributed by atoms with Crippen molar-refractivity contribution in [3.8, 4) is 5.75 Å². The molecule has 0 heterocycles. The molecule has 0 radical (unpaired) electrons. The van der Waals surface area contributed by atoms with Crippen molar-refractivity contribution >= 4 is 28.1 Å². The van der Waals surface area contributed by atoms with Crippen molar-refractivity contribution in [2.75, 3.05) is 13.7 Å². The van der Waals surface area contributed by atoms with Crippen molar-refractivity contribution in [3.05, 3.63) is 28.3 Å². The Kier molecular flexibility index (Phi) is 7.92. The molecular weight excluding hydrogens is 346 g/mol. The highest BCUT2D eigenvalue weighted by molar-refractivity contribution is 7.89. The first-order chi connectivity index (χ1) is 10.2. The van der Waals surface area contributed by atoms with Gasteiger partial charge in [0.25, 0.3) is 5.69 Å². The normalized spacial score (nSPS) is 11.7. The summed E-state index contributed by atoms with van der Waals surface area (Å²) < 4.78 is 32.1. The minimum absolute atomic E-state index is 0. The molecule has 8 nitrogen and oxygen atoms in total. The van der Waals surface area contributed by atoms with Crippen LogP contribution < -0.4 is 15.2 Å². The SMILES string of the molecule is CCC(N)(CC)CNS(=O)(=O)c1ccc([N+](=O)[O-])cc1OC.Cl. The van der Waals surface area contributed by atoms with Gasteiger partial charge in [0.1, 0.15) is 10.6 Å². The summed E-state index contributed by atoms with van der Waals surface area (Å²) in [5, 5.41) is 10.7. The maximum atomic E-state index is 12.4. The Labute approximate surface area is 142 Å². The van der Waals surface area contributed by atoms with Gasteiger partial charge in [-0.05, 0) is 18.9 Å². The smallest absolute Gasteiger partial charge is 0.273 e. The molecule has 0 fully saturated rings. The lowest BCUT2D eigenvalue weighted by atomic mass is 9.95. The number of non-ortho nitro benzene ring substituents is 1. The van der Waals surface area contributed by atoms with E-state index in [9.17, 15) is 18.5 Å². The van der Waals surface area contributed by atoms with Gasteiger partial charge in [-0.2, -0.15) is 0 Å². The van der Waals surface area contributed by atoms with Crippen molar-refractivity contribution in [2.45, 2.75) is 37.1 Å². The number of ether oxygens (including phenoxy) is 1. The molecule has 10 heteroatoms. The Morgan fingerprint density at radius 3 is 2.35 bits per heavy atom. The number of sulfonamides is 1. The predicted molar refractivity (Wildman–Crippen MR) is 89.6 cm³/mol. The fraction of sp³-hybridized carbons (Fsp3) is 0.538. The number of halogens is 1. The summed E-state index contributed by atoms with van der Waals surface area (Å²) in [4.78, 5) is 9.96. The van der Waals surface area contributed by atoms with Crippen molar-refractivity contribution in [3.63, 3.8) is 0 Å². The molecule has 0 aliphatic carbocycles. The van der Waals surface area contributed by atoms with Gasteiger partial charge in [-0.3, -0.25) is 10.1 Å². The molecule has 0 saturated carbocycles. The van der Waals surface area contributed by atoms with Gasteiger partial charge in [0, 0.05) is 18.2 Å². The Balaban J connectivity index is 0.00000484. The van der Waals surface area contributed by atoms with Gasteiger partial charge in [0.15, 0.2) is 0 Å². The molecule has 132 valence electrons. The van der Waals surface area contributed by atoms with E-state index in [0.29, 0.717) is 12.8 Å². The molecule has 0 spiro atoms. The van der Waals surface area contributed by atoms with E-state index < -0.39 is 20.5 Å². The molecule has 0 bridgehead atoms. The van der Waals surface area contributed by atoms with Crippen LogP contribution in [0.5, 0.6) is 5.75 Å². The lowest BCUT2D eigenvalue weighted by Crippen LogP contribution is -2.49. The van der Waals surface area contributed by atoms with Gasteiger partial charge >= 0.3 is 0 Å². The molecule has 1 aromatic rings. The van der Waals surface area contributed by atoms with Crippen LogP contribution in [0.1, 0.15) is 26.7 Å². The summed E-state index contributed by atoms with van der Waals surface area (Å²) in [6.45, 7) is 3.83. The van der Waals surface area contributed by atoms with Crippen LogP contribution in [0.25, 0.3) is 0 Å². The molecule has 0 aliphatic heterocycles. The van der Waals surface area contributed by atoms with E-state index in [-0.39, 0.29) is 35.3 Å². The maximum absolute atomic E-state index is 12.4. The number of hydrogen-bond acceptors (Lipinski definition) is 6. The molecule has 0 saturated heterocycles. The third kappa shape index (κ3) is 5.31. The van der Waals surface area contributed by atoms with Gasteiger partial charge in [0.2, 0.25) is 10.0 Å². The van der Waals surface area contributed by atoms with Crippen LogP contribution in [-0.4, -0.2) is 32.5 Å². The molecule has 1 aromatic carbocycles. The highest BCUT2D eigenvalue weighted by atomic mass is 35.5. The highest BCUT2D eigenvalue weighted by Crippen LogP contribution is 2.28. The van der Waals surface area contributed by atoms with E-state index in [4.69, 9.17) is 10.5 Å². The molecular formula is C13H22ClN3O5S. The number of nitro groups is 1. The van der Waals surface area contributed by atoms with Crippen molar-refractivity contribution in [1.82, 2.24) is 4.72 Å². The number of nitro benzene ring substituents is 1. The van der Waals surface area contributed by atoms with Crippen molar-refractivity contribution < 1.29 is 18.1 Å². The van der Waals surface area contributed by atoms with Crippen LogP contribution in [-0.2, 0) is 10.0 Å². The second-order valence-electron chi connectivity index (χ2n) is 4.99. The average molecular weight is 368 g/mol. The van der Waals surface area contributed by atoms with Crippen LogP contribution in [0.4, 0.5) is 5.69 Å². The second kappa shape index (κ2) is 8.44. The van der Waals surface area contributed by atoms with Crippen LogP contribution in [0.2, 0.25) is 0 Å². The van der Waals surface area contributed by atoms with Gasteiger partial charge in [-0.15, -0.1) is 12.4 Å². The Morgan fingerprint density at radius 2 is 1.91 bits per heavy atom. The molecule has 23 heavy (non-hydrogen) atoms. The summed E-state index contributed by atoms with van der Waals surface area (Å²) in [7, 11) is -2.62. The maximum Gasteiger partial charge on any atom is 0.273 e. The topological polar surface area (TPSA) is 125 Å². The molecule has 0 aliphatic rings. The van der Waals surface area contributed by atoms with E-state index in [1.807, 2.05) is 13.8 Å². The molecule has 1 rings (SSSR count). The van der Waals surface area contributed by atoms with Gasteiger partial charge in [-0.1, -0.05) is 13.8 Å². The van der Waals surface area contributed by atoms with E-state index in [1.54, 1.807) is 0 Å². The predicted octanol–water partition coefficient (Wildman–Crippen LogP) is 1.82. The summed E-state index contributed by atoms with van der Waals surface area (Å²) in [5.41, 5.74) is 5.19. The first-order valence-corrected chi connectivity index (χ1v) is 8.28. The van der Waals surface area contributed by atoms with Gasteiger partial charge < -0.3 is 10.5 Å². The minimum Gasteiger partial charge on any atom is -0.495 e. The lowest BCUT2D eigenvalue weighted by Gasteiger charge is -2.26. The number of nitrogens with zero attached hydrogens (tertiary/aromatic N) is 1. The summed E-state index contributed by atoms with van der Waals surface area (Å²) >= 11 is 0. The lowest BCUT2D eigenvalue weighted by molar-refractivity contribution is -0.385. The minimum atomic E-state index is -3.88. The van der Waals surface area contributed by atoms with E-state index in [0.717, 1.165) is 18.2 Å². The van der Waals surface area contributed by atoms with E-state index in [2.05, 4.69) is 4.72 Å². The third-order valence-corrected chi connectivity index (χ3v) is 5.11. The average Bonchev–Trinajstić information content (AvgIpc) is 2.51. The number of methoxy groups -OCH3 is 1. The quantitative estimate of drug-likeness (QED) is 0.533. The second-order valence-corrected chi connectivity index (χ2v) is 6.72. The number of hydrogen-bond donors (Lipinski definition) is 2.